The summed E-state index contributed by atoms with van der Waals surface area (Å²) < 4.78 is 11.9. The molecule has 4 aliphatic carbocycles. The number of methoxy groups -OCH3 is 1. The van der Waals surface area contributed by atoms with Crippen molar-refractivity contribution in [3.8, 4) is 0 Å². The average molecular weight is 380 g/mol. The molecule has 6 fully saturated rings. The summed E-state index contributed by atoms with van der Waals surface area (Å²) in [5, 5.41) is 45.9. The summed E-state index contributed by atoms with van der Waals surface area (Å²) in [6.45, 7) is 8.31. The van der Waals surface area contributed by atoms with Crippen LogP contribution in [-0.4, -0.2) is 57.9 Å². The monoisotopic (exact) mass is 380 g/mol. The Bertz CT molecular complexity index is 692. The highest BCUT2D eigenvalue weighted by atomic mass is 16.7. The van der Waals surface area contributed by atoms with Crippen LogP contribution >= 0.6 is 0 Å². The summed E-state index contributed by atoms with van der Waals surface area (Å²) in [5.41, 5.74) is -1.57. The largest absolute Gasteiger partial charge is 0.392 e. The van der Waals surface area contributed by atoms with E-state index in [-0.39, 0.29) is 23.2 Å². The van der Waals surface area contributed by atoms with Crippen LogP contribution in [0, 0.1) is 34.0 Å². The quantitative estimate of drug-likeness (QED) is 0.510. The lowest BCUT2D eigenvalue weighted by molar-refractivity contribution is -0.516. The molecule has 152 valence electrons. The summed E-state index contributed by atoms with van der Waals surface area (Å²) in [6.07, 6.45) is 0.202. The normalized spacial score (nSPS) is 60.9. The van der Waals surface area contributed by atoms with E-state index >= 15 is 0 Å². The third-order valence-corrected chi connectivity index (χ3v) is 9.27. The van der Waals surface area contributed by atoms with Gasteiger partial charge in [-0.2, -0.15) is 0 Å². The van der Waals surface area contributed by atoms with Crippen molar-refractivity contribution >= 4 is 0 Å². The molecule has 6 aliphatic rings. The maximum Gasteiger partial charge on any atom is 0.206 e. The van der Waals surface area contributed by atoms with Gasteiger partial charge in [-0.3, -0.25) is 0 Å². The molecule has 27 heavy (non-hydrogen) atoms. The van der Waals surface area contributed by atoms with Gasteiger partial charge in [0.25, 0.3) is 0 Å². The third-order valence-electron chi connectivity index (χ3n) is 9.27. The van der Waals surface area contributed by atoms with Crippen molar-refractivity contribution in [1.82, 2.24) is 0 Å². The molecule has 2 saturated heterocycles. The molecule has 0 radical (unpaired) electrons. The van der Waals surface area contributed by atoms with Crippen molar-refractivity contribution in [3.05, 3.63) is 12.2 Å². The summed E-state index contributed by atoms with van der Waals surface area (Å²) in [4.78, 5) is 0. The van der Waals surface area contributed by atoms with Crippen molar-refractivity contribution in [3.63, 3.8) is 0 Å². The number of hydrogen-bond acceptors (Lipinski definition) is 6. The van der Waals surface area contributed by atoms with Gasteiger partial charge in [0.1, 0.15) is 6.10 Å². The molecule has 4 bridgehead atoms. The first-order valence-electron chi connectivity index (χ1n) is 10.3. The predicted octanol–water partition coefficient (Wildman–Crippen LogP) is 1.17. The van der Waals surface area contributed by atoms with Gasteiger partial charge in [-0.15, -0.1) is 0 Å². The molecule has 1 unspecified atom stereocenters. The molecule has 0 aromatic heterocycles. The van der Waals surface area contributed by atoms with Gasteiger partial charge >= 0.3 is 0 Å². The first-order chi connectivity index (χ1) is 12.6. The van der Waals surface area contributed by atoms with E-state index in [1.807, 2.05) is 0 Å². The molecule has 2 aliphatic heterocycles. The Morgan fingerprint density at radius 1 is 1.11 bits per heavy atom. The van der Waals surface area contributed by atoms with Crippen LogP contribution < -0.4 is 0 Å². The van der Waals surface area contributed by atoms with Crippen LogP contribution in [0.5, 0.6) is 0 Å². The second-order valence-corrected chi connectivity index (χ2v) is 10.4. The van der Waals surface area contributed by atoms with Crippen molar-refractivity contribution < 1.29 is 29.9 Å². The number of hydrogen-bond donors (Lipinski definition) is 4. The first-order valence-corrected chi connectivity index (χ1v) is 10.3. The third kappa shape index (κ3) is 1.65. The first kappa shape index (κ1) is 18.5. The van der Waals surface area contributed by atoms with Crippen LogP contribution in [0.15, 0.2) is 12.2 Å². The molecular weight excluding hydrogens is 348 g/mol. The Kier molecular flexibility index (Phi) is 3.54. The highest BCUT2D eigenvalue weighted by Crippen LogP contribution is 2.78. The van der Waals surface area contributed by atoms with E-state index in [4.69, 9.17) is 9.47 Å². The van der Waals surface area contributed by atoms with Crippen LogP contribution in [0.4, 0.5) is 0 Å². The summed E-state index contributed by atoms with van der Waals surface area (Å²) in [6, 6.07) is 0. The summed E-state index contributed by atoms with van der Waals surface area (Å²) >= 11 is 0. The number of ether oxygens (including phenoxy) is 2. The topological polar surface area (TPSA) is 99.4 Å². The van der Waals surface area contributed by atoms with Crippen molar-refractivity contribution in [1.29, 1.82) is 0 Å². The minimum absolute atomic E-state index is 0.206. The van der Waals surface area contributed by atoms with Crippen LogP contribution in [0.2, 0.25) is 0 Å². The van der Waals surface area contributed by atoms with Crippen LogP contribution in [0.1, 0.15) is 46.0 Å². The lowest BCUT2D eigenvalue weighted by Crippen LogP contribution is -2.86. The van der Waals surface area contributed by atoms with E-state index in [0.717, 1.165) is 32.1 Å². The highest BCUT2D eigenvalue weighted by Gasteiger charge is 2.87. The van der Waals surface area contributed by atoms with Gasteiger partial charge in [0.15, 0.2) is 6.29 Å². The fourth-order valence-electron chi connectivity index (χ4n) is 8.53. The van der Waals surface area contributed by atoms with E-state index in [2.05, 4.69) is 20.4 Å². The zero-order valence-corrected chi connectivity index (χ0v) is 16.4. The molecule has 4 N–H and O–H groups in total. The zero-order valence-electron chi connectivity index (χ0n) is 16.4. The SMILES string of the molecule is C=C1[C@@H](O)[C@]23[C@H](O)[C@H]1CC[C@H]2[C@]12CCCC(C)(C)[C@H]1[C@H](O)[C@@]3(O)OC2OC. The van der Waals surface area contributed by atoms with E-state index in [9.17, 15) is 20.4 Å². The minimum atomic E-state index is -2.07. The molecule has 0 amide bonds. The minimum Gasteiger partial charge on any atom is -0.392 e. The molecule has 4 saturated carbocycles. The number of fused-ring (bicyclic) bond motifs is 2. The molecule has 0 aromatic rings. The Balaban J connectivity index is 1.81. The van der Waals surface area contributed by atoms with Crippen LogP contribution in [0.3, 0.4) is 0 Å². The fourth-order valence-corrected chi connectivity index (χ4v) is 8.53. The molecule has 6 nitrogen and oxygen atoms in total. The second-order valence-electron chi connectivity index (χ2n) is 10.4. The second kappa shape index (κ2) is 5.15. The summed E-state index contributed by atoms with van der Waals surface area (Å²) in [7, 11) is 1.58. The van der Waals surface area contributed by atoms with E-state index in [1.54, 1.807) is 7.11 Å². The molecule has 0 aromatic carbocycles. The van der Waals surface area contributed by atoms with E-state index in [0.29, 0.717) is 5.57 Å². The van der Waals surface area contributed by atoms with Crippen LogP contribution in [0.25, 0.3) is 0 Å². The summed E-state index contributed by atoms with van der Waals surface area (Å²) in [5.74, 6) is -2.79. The van der Waals surface area contributed by atoms with Gasteiger partial charge < -0.3 is 29.9 Å². The molecule has 10 atom stereocenters. The van der Waals surface area contributed by atoms with Crippen LogP contribution in [-0.2, 0) is 9.47 Å². The van der Waals surface area contributed by atoms with Crippen molar-refractivity contribution in [2.45, 2.75) is 76.3 Å². The van der Waals surface area contributed by atoms with Gasteiger partial charge in [-0.1, -0.05) is 26.8 Å². The van der Waals surface area contributed by atoms with E-state index < -0.39 is 41.2 Å². The Hall–Kier alpha value is -0.500. The number of rotatable bonds is 1. The maximum atomic E-state index is 11.9. The van der Waals surface area contributed by atoms with Gasteiger partial charge in [0, 0.05) is 24.4 Å². The van der Waals surface area contributed by atoms with Gasteiger partial charge in [-0.05, 0) is 42.6 Å². The molecule has 2 heterocycles. The van der Waals surface area contributed by atoms with Gasteiger partial charge in [0.05, 0.1) is 17.6 Å². The molecule has 6 rings (SSSR count). The van der Waals surface area contributed by atoms with Gasteiger partial charge in [0.2, 0.25) is 5.79 Å². The lowest BCUT2D eigenvalue weighted by Gasteiger charge is -2.76. The maximum absolute atomic E-state index is 11.9. The zero-order chi connectivity index (χ0) is 19.6. The van der Waals surface area contributed by atoms with Crippen molar-refractivity contribution in [2.24, 2.45) is 34.0 Å². The molecular formula is C21H32O6. The molecule has 6 heteroatoms. The number of aliphatic hydroxyl groups excluding tert-OH is 3. The number of aliphatic hydroxyl groups is 4. The van der Waals surface area contributed by atoms with Crippen molar-refractivity contribution in [2.75, 3.05) is 7.11 Å². The average Bonchev–Trinajstić information content (AvgIpc) is 2.72. The predicted molar refractivity (Wildman–Crippen MR) is 96.2 cm³/mol. The smallest absolute Gasteiger partial charge is 0.206 e. The highest BCUT2D eigenvalue weighted by molar-refractivity contribution is 5.37. The van der Waals surface area contributed by atoms with Gasteiger partial charge in [-0.25, -0.2) is 0 Å². The fraction of sp³-hybridized carbons (Fsp3) is 0.905. The lowest BCUT2D eigenvalue weighted by atomic mass is 9.35. The van der Waals surface area contributed by atoms with E-state index in [1.165, 1.54) is 0 Å². The molecule has 2 spiro atoms. The Labute approximate surface area is 160 Å². The Morgan fingerprint density at radius 3 is 2.48 bits per heavy atom. The standard InChI is InChI=1S/C21H32O6/c1-10-11-6-7-12-19-9-5-8-18(2,3)13(19)16(24)21(25,27-17(19)26-4)20(12,14(10)22)15(11)23/h11-17,22-25H,1,5-9H2,2-4H3/t11-,12-,13+,14+,15+,16-,17?,19+,20-,21+/m0/s1. The Morgan fingerprint density at radius 2 is 1.81 bits per heavy atom.